The van der Waals surface area contributed by atoms with Gasteiger partial charge in [0.05, 0.1) is 6.42 Å². The predicted molar refractivity (Wildman–Crippen MR) is 70.2 cm³/mol. The highest BCUT2D eigenvalue weighted by Crippen LogP contribution is 2.34. The van der Waals surface area contributed by atoms with Gasteiger partial charge < -0.3 is 5.11 Å². The minimum absolute atomic E-state index is 0.0961. The maximum atomic E-state index is 11.0. The second kappa shape index (κ2) is 5.85. The third-order valence-corrected chi connectivity index (χ3v) is 3.73. The molecule has 0 bridgehead atoms. The second-order valence-corrected chi connectivity index (χ2v) is 4.94. The van der Waals surface area contributed by atoms with Crippen LogP contribution in [0.5, 0.6) is 0 Å². The van der Waals surface area contributed by atoms with Crippen LogP contribution in [-0.2, 0) is 11.2 Å². The van der Waals surface area contributed by atoms with Gasteiger partial charge in [0.25, 0.3) is 0 Å². The predicted octanol–water partition coefficient (Wildman–Crippen LogP) is 3.82. The van der Waals surface area contributed by atoms with E-state index in [2.05, 4.69) is 45.0 Å². The molecule has 0 saturated heterocycles. The van der Waals surface area contributed by atoms with Crippen LogP contribution in [0.4, 0.5) is 0 Å². The molecular formula is C15H22O2. The number of rotatable bonds is 6. The second-order valence-electron chi connectivity index (χ2n) is 4.94. The fourth-order valence-corrected chi connectivity index (χ4v) is 2.27. The van der Waals surface area contributed by atoms with Gasteiger partial charge in [0, 0.05) is 0 Å². The fraction of sp³-hybridized carbons (Fsp3) is 0.533. The van der Waals surface area contributed by atoms with Gasteiger partial charge in [-0.3, -0.25) is 4.79 Å². The van der Waals surface area contributed by atoms with E-state index in [1.54, 1.807) is 0 Å². The van der Waals surface area contributed by atoms with Crippen LogP contribution in [0.1, 0.15) is 44.2 Å². The van der Waals surface area contributed by atoms with Crippen LogP contribution < -0.4 is 0 Å². The van der Waals surface area contributed by atoms with Crippen molar-refractivity contribution < 1.29 is 9.90 Å². The highest BCUT2D eigenvalue weighted by atomic mass is 16.4. The van der Waals surface area contributed by atoms with Crippen molar-refractivity contribution >= 4 is 5.97 Å². The Hall–Kier alpha value is -1.31. The van der Waals surface area contributed by atoms with Gasteiger partial charge in [-0.1, -0.05) is 43.7 Å². The maximum Gasteiger partial charge on any atom is 0.303 e. The largest absolute Gasteiger partial charge is 0.481 e. The van der Waals surface area contributed by atoms with Gasteiger partial charge in [-0.2, -0.15) is 0 Å². The number of hydrogen-bond donors (Lipinski definition) is 1. The number of aliphatic carboxylic acids is 1. The van der Waals surface area contributed by atoms with Gasteiger partial charge in [-0.05, 0) is 37.2 Å². The molecule has 0 heterocycles. The molecule has 0 spiro atoms. The molecule has 2 nitrogen and oxygen atoms in total. The monoisotopic (exact) mass is 234 g/mol. The molecule has 1 aromatic carbocycles. The molecule has 17 heavy (non-hydrogen) atoms. The lowest BCUT2D eigenvalue weighted by molar-refractivity contribution is -0.139. The number of carboxylic acids is 1. The Labute approximate surface area is 104 Å². The van der Waals surface area contributed by atoms with E-state index in [1.807, 2.05) is 0 Å². The molecule has 0 saturated carbocycles. The Balaban J connectivity index is 2.85. The standard InChI is InChI=1S/C15H22O2/c1-4-15(5-2,11-14(16)17)10-13-8-6-12(3)7-9-13/h6-9H,4-5,10-11H2,1-3H3,(H,16,17). The minimum atomic E-state index is -0.694. The zero-order valence-electron chi connectivity index (χ0n) is 11.0. The average molecular weight is 234 g/mol. The fourth-order valence-electron chi connectivity index (χ4n) is 2.27. The molecule has 0 atom stereocenters. The van der Waals surface area contributed by atoms with Crippen LogP contribution in [-0.4, -0.2) is 11.1 Å². The highest BCUT2D eigenvalue weighted by Gasteiger charge is 2.29. The van der Waals surface area contributed by atoms with Gasteiger partial charge >= 0.3 is 5.97 Å². The normalized spacial score (nSPS) is 11.5. The average Bonchev–Trinajstić information content (AvgIpc) is 2.30. The number of carboxylic acid groups (broad SMARTS) is 1. The minimum Gasteiger partial charge on any atom is -0.481 e. The lowest BCUT2D eigenvalue weighted by atomic mass is 9.74. The van der Waals surface area contributed by atoms with Crippen molar-refractivity contribution in [1.29, 1.82) is 0 Å². The summed E-state index contributed by atoms with van der Waals surface area (Å²) in [5.74, 6) is -0.694. The Morgan fingerprint density at radius 2 is 1.71 bits per heavy atom. The molecule has 1 rings (SSSR count). The lowest BCUT2D eigenvalue weighted by Crippen LogP contribution is -2.25. The van der Waals surface area contributed by atoms with Crippen LogP contribution in [0, 0.1) is 12.3 Å². The third-order valence-electron chi connectivity index (χ3n) is 3.73. The summed E-state index contributed by atoms with van der Waals surface area (Å²) < 4.78 is 0. The Morgan fingerprint density at radius 3 is 2.12 bits per heavy atom. The van der Waals surface area contributed by atoms with Gasteiger partial charge in [0.15, 0.2) is 0 Å². The summed E-state index contributed by atoms with van der Waals surface area (Å²) in [6.45, 7) is 6.23. The van der Waals surface area contributed by atoms with Gasteiger partial charge in [-0.15, -0.1) is 0 Å². The summed E-state index contributed by atoms with van der Waals surface area (Å²) in [5, 5.41) is 9.03. The van der Waals surface area contributed by atoms with Gasteiger partial charge in [0.2, 0.25) is 0 Å². The van der Waals surface area contributed by atoms with E-state index < -0.39 is 5.97 Å². The molecule has 0 fully saturated rings. The topological polar surface area (TPSA) is 37.3 Å². The van der Waals surface area contributed by atoms with E-state index in [0.29, 0.717) is 0 Å². The molecular weight excluding hydrogens is 212 g/mol. The van der Waals surface area contributed by atoms with Crippen molar-refractivity contribution in [3.8, 4) is 0 Å². The zero-order chi connectivity index (χ0) is 12.9. The van der Waals surface area contributed by atoms with Crippen LogP contribution >= 0.6 is 0 Å². The molecule has 0 amide bonds. The molecule has 1 N–H and O–H groups in total. The maximum absolute atomic E-state index is 11.0. The molecule has 0 aliphatic heterocycles. The Kier molecular flexibility index (Phi) is 4.73. The molecule has 94 valence electrons. The van der Waals surface area contributed by atoms with Crippen molar-refractivity contribution in [3.63, 3.8) is 0 Å². The lowest BCUT2D eigenvalue weighted by Gasteiger charge is -2.30. The van der Waals surface area contributed by atoms with Crippen molar-refractivity contribution in [3.05, 3.63) is 35.4 Å². The van der Waals surface area contributed by atoms with E-state index in [1.165, 1.54) is 11.1 Å². The summed E-state index contributed by atoms with van der Waals surface area (Å²) in [7, 11) is 0. The Morgan fingerprint density at radius 1 is 1.18 bits per heavy atom. The first-order valence-electron chi connectivity index (χ1n) is 6.28. The molecule has 0 aliphatic rings. The number of hydrogen-bond acceptors (Lipinski definition) is 1. The van der Waals surface area contributed by atoms with E-state index in [4.69, 9.17) is 5.11 Å². The smallest absolute Gasteiger partial charge is 0.303 e. The highest BCUT2D eigenvalue weighted by molar-refractivity contribution is 5.67. The Bertz CT molecular complexity index is 361. The molecule has 0 aromatic heterocycles. The van der Waals surface area contributed by atoms with Crippen LogP contribution in [0.3, 0.4) is 0 Å². The summed E-state index contributed by atoms with van der Waals surface area (Å²) in [5.41, 5.74) is 2.38. The molecule has 1 aromatic rings. The first-order valence-corrected chi connectivity index (χ1v) is 6.28. The van der Waals surface area contributed by atoms with Crippen molar-refractivity contribution in [2.45, 2.75) is 46.5 Å². The number of aryl methyl sites for hydroxylation is 1. The SMILES string of the molecule is CCC(CC)(CC(=O)O)Cc1ccc(C)cc1. The third kappa shape index (κ3) is 3.88. The molecule has 2 heteroatoms. The zero-order valence-corrected chi connectivity index (χ0v) is 11.0. The first-order chi connectivity index (χ1) is 8.01. The summed E-state index contributed by atoms with van der Waals surface area (Å²) in [6, 6.07) is 8.40. The summed E-state index contributed by atoms with van der Waals surface area (Å²) >= 11 is 0. The first kappa shape index (κ1) is 13.8. The van der Waals surface area contributed by atoms with Gasteiger partial charge in [0.1, 0.15) is 0 Å². The number of benzene rings is 1. The van der Waals surface area contributed by atoms with E-state index in [0.717, 1.165) is 19.3 Å². The van der Waals surface area contributed by atoms with E-state index in [9.17, 15) is 4.79 Å². The molecule has 0 aliphatic carbocycles. The van der Waals surface area contributed by atoms with Crippen molar-refractivity contribution in [2.75, 3.05) is 0 Å². The van der Waals surface area contributed by atoms with Crippen LogP contribution in [0.25, 0.3) is 0 Å². The summed E-state index contributed by atoms with van der Waals surface area (Å²) in [4.78, 5) is 11.0. The van der Waals surface area contributed by atoms with Crippen LogP contribution in [0.2, 0.25) is 0 Å². The van der Waals surface area contributed by atoms with Crippen LogP contribution in [0.15, 0.2) is 24.3 Å². The molecule has 0 radical (unpaired) electrons. The van der Waals surface area contributed by atoms with Crippen molar-refractivity contribution in [1.82, 2.24) is 0 Å². The molecule has 0 unspecified atom stereocenters. The quantitative estimate of drug-likeness (QED) is 0.812. The summed E-state index contributed by atoms with van der Waals surface area (Å²) in [6.07, 6.45) is 2.92. The van der Waals surface area contributed by atoms with E-state index in [-0.39, 0.29) is 11.8 Å². The van der Waals surface area contributed by atoms with Crippen molar-refractivity contribution in [2.24, 2.45) is 5.41 Å². The number of carbonyl (C=O) groups is 1. The van der Waals surface area contributed by atoms with Gasteiger partial charge in [-0.25, -0.2) is 0 Å². The van der Waals surface area contributed by atoms with E-state index >= 15 is 0 Å².